The highest BCUT2D eigenvalue weighted by atomic mass is 16.5. The summed E-state index contributed by atoms with van der Waals surface area (Å²) in [5.41, 5.74) is 3.70. The van der Waals surface area contributed by atoms with Gasteiger partial charge in [0.2, 0.25) is 0 Å². The number of benzene rings is 1. The van der Waals surface area contributed by atoms with E-state index in [2.05, 4.69) is 39.6 Å². The summed E-state index contributed by atoms with van der Waals surface area (Å²) in [5, 5.41) is 18.2. The maximum atomic E-state index is 10.2. The van der Waals surface area contributed by atoms with Crippen LogP contribution in [0.15, 0.2) is 36.7 Å². The van der Waals surface area contributed by atoms with Crippen molar-refractivity contribution in [2.24, 2.45) is 0 Å². The van der Waals surface area contributed by atoms with Crippen LogP contribution in [-0.2, 0) is 11.3 Å². The molecule has 25 heavy (non-hydrogen) atoms. The number of nitrogens with zero attached hydrogens (tertiary/aromatic N) is 3. The average molecular weight is 342 g/mol. The maximum Gasteiger partial charge on any atom is 0.0932 e. The lowest BCUT2D eigenvalue weighted by Crippen LogP contribution is -2.54. The summed E-state index contributed by atoms with van der Waals surface area (Å²) in [4.78, 5) is 2.39. The molecule has 2 aliphatic rings. The maximum absolute atomic E-state index is 10.2. The summed E-state index contributed by atoms with van der Waals surface area (Å²) in [6.07, 6.45) is 4.29. The first-order valence-corrected chi connectivity index (χ1v) is 9.05. The van der Waals surface area contributed by atoms with E-state index in [-0.39, 0.29) is 18.2 Å². The average Bonchev–Trinajstić information content (AvgIpc) is 3.04. The Morgan fingerprint density at radius 3 is 2.80 bits per heavy atom. The van der Waals surface area contributed by atoms with Crippen molar-refractivity contribution in [2.75, 3.05) is 31.2 Å². The van der Waals surface area contributed by atoms with Gasteiger partial charge < -0.3 is 20.1 Å². The van der Waals surface area contributed by atoms with Crippen LogP contribution in [0.2, 0.25) is 0 Å². The summed E-state index contributed by atoms with van der Waals surface area (Å²) >= 11 is 0. The molecule has 1 saturated carbocycles. The summed E-state index contributed by atoms with van der Waals surface area (Å²) < 4.78 is 7.37. The molecular weight excluding hydrogens is 316 g/mol. The van der Waals surface area contributed by atoms with Gasteiger partial charge in [0.15, 0.2) is 0 Å². The van der Waals surface area contributed by atoms with Crippen molar-refractivity contribution in [3.63, 3.8) is 0 Å². The number of hydrogen-bond acceptors (Lipinski definition) is 5. The van der Waals surface area contributed by atoms with Crippen molar-refractivity contribution in [1.29, 1.82) is 0 Å². The number of nitrogens with one attached hydrogen (secondary N) is 1. The van der Waals surface area contributed by atoms with Crippen LogP contribution in [0, 0.1) is 6.92 Å². The number of anilines is 1. The van der Waals surface area contributed by atoms with E-state index in [0.717, 1.165) is 44.8 Å². The minimum absolute atomic E-state index is 0.0178. The highest BCUT2D eigenvalue weighted by Gasteiger charge is 2.41. The standard InChI is InChI=1S/C19H26N4O2/c1-14-11-21-23(13-14)19-16(10-18(19)24)20-12-15-4-2-3-5-17(15)22-6-8-25-9-7-22/h2-5,11,13,16,18-20,24H,6-10,12H2,1H3/t16-,18+,19+/m0/s1. The molecule has 2 aromatic rings. The van der Waals surface area contributed by atoms with Crippen LogP contribution in [0.3, 0.4) is 0 Å². The number of aryl methyl sites for hydroxylation is 1. The fourth-order valence-corrected chi connectivity index (χ4v) is 3.79. The van der Waals surface area contributed by atoms with Crippen molar-refractivity contribution in [1.82, 2.24) is 15.1 Å². The van der Waals surface area contributed by atoms with Crippen molar-refractivity contribution in [3.05, 3.63) is 47.8 Å². The molecular formula is C19H26N4O2. The van der Waals surface area contributed by atoms with E-state index in [1.807, 2.05) is 24.0 Å². The van der Waals surface area contributed by atoms with Gasteiger partial charge in [0.1, 0.15) is 0 Å². The summed E-state index contributed by atoms with van der Waals surface area (Å²) in [5.74, 6) is 0. The van der Waals surface area contributed by atoms with Crippen LogP contribution in [-0.4, -0.2) is 53.3 Å². The second kappa shape index (κ2) is 7.15. The van der Waals surface area contributed by atoms with Crippen LogP contribution in [0.5, 0.6) is 0 Å². The molecule has 6 heteroatoms. The molecule has 0 unspecified atom stereocenters. The molecule has 134 valence electrons. The van der Waals surface area contributed by atoms with Crippen LogP contribution in [0.1, 0.15) is 23.6 Å². The fraction of sp³-hybridized carbons (Fsp3) is 0.526. The Balaban J connectivity index is 1.43. The Kier molecular flexibility index (Phi) is 4.74. The highest BCUT2D eigenvalue weighted by Crippen LogP contribution is 2.33. The molecule has 1 aliphatic heterocycles. The van der Waals surface area contributed by atoms with E-state index in [1.54, 1.807) is 0 Å². The van der Waals surface area contributed by atoms with Crippen molar-refractivity contribution in [3.8, 4) is 0 Å². The second-order valence-electron chi connectivity index (χ2n) is 7.01. The fourth-order valence-electron chi connectivity index (χ4n) is 3.79. The molecule has 0 bridgehead atoms. The largest absolute Gasteiger partial charge is 0.391 e. The van der Waals surface area contributed by atoms with E-state index in [4.69, 9.17) is 4.74 Å². The van der Waals surface area contributed by atoms with Gasteiger partial charge in [-0.25, -0.2) is 0 Å². The quantitative estimate of drug-likeness (QED) is 0.862. The first-order chi connectivity index (χ1) is 12.2. The van der Waals surface area contributed by atoms with Gasteiger partial charge in [-0.3, -0.25) is 4.68 Å². The van der Waals surface area contributed by atoms with Gasteiger partial charge in [0, 0.05) is 37.6 Å². The number of ether oxygens (including phenoxy) is 1. The summed E-state index contributed by atoms with van der Waals surface area (Å²) in [7, 11) is 0. The third kappa shape index (κ3) is 3.42. The minimum Gasteiger partial charge on any atom is -0.391 e. The van der Waals surface area contributed by atoms with E-state index in [9.17, 15) is 5.11 Å². The molecule has 4 rings (SSSR count). The van der Waals surface area contributed by atoms with E-state index in [1.165, 1.54) is 11.3 Å². The van der Waals surface area contributed by atoms with Crippen LogP contribution >= 0.6 is 0 Å². The zero-order valence-electron chi connectivity index (χ0n) is 14.6. The van der Waals surface area contributed by atoms with Gasteiger partial charge >= 0.3 is 0 Å². The normalized spacial score (nSPS) is 26.5. The molecule has 1 saturated heterocycles. The van der Waals surface area contributed by atoms with Gasteiger partial charge in [-0.15, -0.1) is 0 Å². The zero-order valence-corrected chi connectivity index (χ0v) is 14.6. The van der Waals surface area contributed by atoms with Crippen molar-refractivity contribution < 1.29 is 9.84 Å². The molecule has 1 aromatic heterocycles. The Morgan fingerprint density at radius 1 is 1.28 bits per heavy atom. The second-order valence-corrected chi connectivity index (χ2v) is 7.01. The lowest BCUT2D eigenvalue weighted by molar-refractivity contribution is -0.00823. The molecule has 2 N–H and O–H groups in total. The van der Waals surface area contributed by atoms with E-state index < -0.39 is 0 Å². The Morgan fingerprint density at radius 2 is 2.08 bits per heavy atom. The van der Waals surface area contributed by atoms with Gasteiger partial charge in [0.05, 0.1) is 31.6 Å². The van der Waals surface area contributed by atoms with Gasteiger partial charge in [0.25, 0.3) is 0 Å². The Hall–Kier alpha value is -1.89. The number of aliphatic hydroxyl groups is 1. The smallest absolute Gasteiger partial charge is 0.0932 e. The van der Waals surface area contributed by atoms with Crippen molar-refractivity contribution >= 4 is 5.69 Å². The third-order valence-electron chi connectivity index (χ3n) is 5.24. The van der Waals surface area contributed by atoms with E-state index >= 15 is 0 Å². The first-order valence-electron chi connectivity index (χ1n) is 9.05. The molecule has 0 radical (unpaired) electrons. The van der Waals surface area contributed by atoms with E-state index in [0.29, 0.717) is 0 Å². The zero-order chi connectivity index (χ0) is 17.2. The molecule has 2 heterocycles. The van der Waals surface area contributed by atoms with Crippen LogP contribution in [0.25, 0.3) is 0 Å². The number of aliphatic hydroxyl groups excluding tert-OH is 1. The molecule has 1 aliphatic carbocycles. The lowest BCUT2D eigenvalue weighted by atomic mass is 9.83. The highest BCUT2D eigenvalue weighted by molar-refractivity contribution is 5.54. The van der Waals surface area contributed by atoms with Crippen molar-refractivity contribution in [2.45, 2.75) is 38.1 Å². The number of rotatable bonds is 5. The topological polar surface area (TPSA) is 62.5 Å². The number of para-hydroxylation sites is 1. The summed E-state index contributed by atoms with van der Waals surface area (Å²) in [6.45, 7) is 6.27. The molecule has 0 amide bonds. The molecule has 0 spiro atoms. The monoisotopic (exact) mass is 342 g/mol. The number of hydrogen-bond donors (Lipinski definition) is 2. The minimum atomic E-state index is -0.328. The number of aromatic nitrogens is 2. The Labute approximate surface area is 148 Å². The van der Waals surface area contributed by atoms with Gasteiger partial charge in [-0.2, -0.15) is 5.10 Å². The number of morpholine rings is 1. The molecule has 3 atom stereocenters. The molecule has 6 nitrogen and oxygen atoms in total. The van der Waals surface area contributed by atoms with Gasteiger partial charge in [-0.05, 0) is 30.5 Å². The Bertz CT molecular complexity index is 711. The SMILES string of the molecule is Cc1cnn([C@H]2[C@H](O)C[C@@H]2NCc2ccccc2N2CCOCC2)c1. The van der Waals surface area contributed by atoms with Crippen LogP contribution in [0.4, 0.5) is 5.69 Å². The first kappa shape index (κ1) is 16.6. The lowest BCUT2D eigenvalue weighted by Gasteiger charge is -2.42. The third-order valence-corrected chi connectivity index (χ3v) is 5.24. The molecule has 2 fully saturated rings. The summed E-state index contributed by atoms with van der Waals surface area (Å²) in [6, 6.07) is 8.81. The van der Waals surface area contributed by atoms with Gasteiger partial charge in [-0.1, -0.05) is 18.2 Å². The van der Waals surface area contributed by atoms with Crippen LogP contribution < -0.4 is 10.2 Å². The predicted molar refractivity (Wildman–Crippen MR) is 96.7 cm³/mol. The predicted octanol–water partition coefficient (Wildman–Crippen LogP) is 1.49. The molecule has 1 aromatic carbocycles.